The van der Waals surface area contributed by atoms with Crippen LogP contribution in [0.3, 0.4) is 0 Å². The highest BCUT2D eigenvalue weighted by Gasteiger charge is 2.16. The SMILES string of the molecule is COc1c(Br)cc(C=O)c(OCC#N)c1Br. The Morgan fingerprint density at radius 2 is 2.19 bits per heavy atom. The highest BCUT2D eigenvalue weighted by Crippen LogP contribution is 2.42. The van der Waals surface area contributed by atoms with Crippen LogP contribution in [0, 0.1) is 11.3 Å². The van der Waals surface area contributed by atoms with Crippen molar-refractivity contribution in [1.82, 2.24) is 0 Å². The summed E-state index contributed by atoms with van der Waals surface area (Å²) in [5, 5.41) is 8.44. The molecule has 0 bridgehead atoms. The van der Waals surface area contributed by atoms with Gasteiger partial charge < -0.3 is 9.47 Å². The number of halogens is 2. The van der Waals surface area contributed by atoms with E-state index in [2.05, 4.69) is 31.9 Å². The lowest BCUT2D eigenvalue weighted by atomic mass is 10.2. The van der Waals surface area contributed by atoms with Crippen LogP contribution in [-0.4, -0.2) is 20.0 Å². The molecule has 0 heterocycles. The number of ether oxygens (including phenoxy) is 2. The Hall–Kier alpha value is -1.06. The van der Waals surface area contributed by atoms with E-state index in [-0.39, 0.29) is 6.61 Å². The quantitative estimate of drug-likeness (QED) is 0.785. The third-order valence-corrected chi connectivity index (χ3v) is 3.08. The van der Waals surface area contributed by atoms with Crippen molar-refractivity contribution in [3.8, 4) is 17.6 Å². The lowest BCUT2D eigenvalue weighted by Gasteiger charge is -2.12. The van der Waals surface area contributed by atoms with Gasteiger partial charge in [-0.05, 0) is 37.9 Å². The zero-order valence-corrected chi connectivity index (χ0v) is 11.5. The molecule has 0 radical (unpaired) electrons. The average molecular weight is 349 g/mol. The van der Waals surface area contributed by atoms with E-state index in [1.165, 1.54) is 7.11 Å². The monoisotopic (exact) mass is 347 g/mol. The number of methoxy groups -OCH3 is 1. The van der Waals surface area contributed by atoms with Gasteiger partial charge in [-0.15, -0.1) is 0 Å². The van der Waals surface area contributed by atoms with E-state index < -0.39 is 0 Å². The van der Waals surface area contributed by atoms with Gasteiger partial charge in [0.1, 0.15) is 16.3 Å². The molecule has 0 atom stereocenters. The molecule has 84 valence electrons. The standard InChI is InChI=1S/C10H7Br2NO3/c1-15-10-7(11)4-6(5-14)9(8(10)12)16-3-2-13/h4-5H,3H2,1H3. The van der Waals surface area contributed by atoms with Crippen molar-refractivity contribution in [2.45, 2.75) is 0 Å². The molecule has 1 aromatic carbocycles. The van der Waals surface area contributed by atoms with Gasteiger partial charge >= 0.3 is 0 Å². The smallest absolute Gasteiger partial charge is 0.174 e. The fourth-order valence-electron chi connectivity index (χ4n) is 1.13. The van der Waals surface area contributed by atoms with Crippen LogP contribution in [0.15, 0.2) is 15.0 Å². The molecule has 1 aromatic rings. The van der Waals surface area contributed by atoms with Gasteiger partial charge in [-0.3, -0.25) is 4.79 Å². The molecule has 0 aliphatic heterocycles. The molecular weight excluding hydrogens is 342 g/mol. The first kappa shape index (κ1) is 13.0. The minimum Gasteiger partial charge on any atom is -0.494 e. The average Bonchev–Trinajstić information content (AvgIpc) is 2.28. The van der Waals surface area contributed by atoms with E-state index >= 15 is 0 Å². The normalized spacial score (nSPS) is 9.38. The summed E-state index contributed by atoms with van der Waals surface area (Å²) >= 11 is 6.53. The summed E-state index contributed by atoms with van der Waals surface area (Å²) in [6.07, 6.45) is 0.654. The molecule has 16 heavy (non-hydrogen) atoms. The van der Waals surface area contributed by atoms with Crippen LogP contribution in [0.4, 0.5) is 0 Å². The summed E-state index contributed by atoms with van der Waals surface area (Å²) in [5.74, 6) is 0.815. The zero-order valence-electron chi connectivity index (χ0n) is 8.29. The summed E-state index contributed by atoms with van der Waals surface area (Å²) in [6.45, 7) is -0.135. The molecule has 0 saturated carbocycles. The van der Waals surface area contributed by atoms with Crippen molar-refractivity contribution in [2.24, 2.45) is 0 Å². The minimum atomic E-state index is -0.135. The maximum Gasteiger partial charge on any atom is 0.174 e. The summed E-state index contributed by atoms with van der Waals surface area (Å²) in [6, 6.07) is 3.41. The molecule has 1 rings (SSSR count). The molecule has 0 amide bonds. The Balaban J connectivity index is 3.32. The number of nitrogens with zero attached hydrogens (tertiary/aromatic N) is 1. The van der Waals surface area contributed by atoms with Crippen molar-refractivity contribution >= 4 is 38.1 Å². The molecule has 0 fully saturated rings. The maximum atomic E-state index is 10.8. The summed E-state index contributed by atoms with van der Waals surface area (Å²) < 4.78 is 11.4. The third-order valence-electron chi connectivity index (χ3n) is 1.77. The molecule has 0 spiro atoms. The van der Waals surface area contributed by atoms with E-state index in [0.29, 0.717) is 32.3 Å². The number of carbonyl (C=O) groups excluding carboxylic acids is 1. The number of carbonyl (C=O) groups is 1. The van der Waals surface area contributed by atoms with Crippen LogP contribution >= 0.6 is 31.9 Å². The van der Waals surface area contributed by atoms with Crippen LogP contribution in [0.2, 0.25) is 0 Å². The van der Waals surface area contributed by atoms with Gasteiger partial charge in [0, 0.05) is 0 Å². The lowest BCUT2D eigenvalue weighted by molar-refractivity contribution is 0.112. The first-order valence-electron chi connectivity index (χ1n) is 4.16. The second-order valence-corrected chi connectivity index (χ2v) is 4.34. The highest BCUT2D eigenvalue weighted by atomic mass is 79.9. The van der Waals surface area contributed by atoms with Crippen molar-refractivity contribution < 1.29 is 14.3 Å². The third kappa shape index (κ3) is 2.54. The lowest BCUT2D eigenvalue weighted by Crippen LogP contribution is -2.00. The molecule has 6 heteroatoms. The van der Waals surface area contributed by atoms with Gasteiger partial charge in [0.15, 0.2) is 18.6 Å². The Morgan fingerprint density at radius 3 is 2.69 bits per heavy atom. The molecule has 0 unspecified atom stereocenters. The van der Waals surface area contributed by atoms with Crippen molar-refractivity contribution in [2.75, 3.05) is 13.7 Å². The first-order valence-corrected chi connectivity index (χ1v) is 5.75. The molecule has 0 saturated heterocycles. The van der Waals surface area contributed by atoms with Crippen molar-refractivity contribution in [3.63, 3.8) is 0 Å². The van der Waals surface area contributed by atoms with Crippen molar-refractivity contribution in [3.05, 3.63) is 20.6 Å². The van der Waals surface area contributed by atoms with Gasteiger partial charge in [-0.1, -0.05) is 0 Å². The molecule has 0 aliphatic rings. The largest absolute Gasteiger partial charge is 0.494 e. The Bertz CT molecular complexity index is 454. The topological polar surface area (TPSA) is 59.3 Å². The Morgan fingerprint density at radius 1 is 1.50 bits per heavy atom. The first-order chi connectivity index (χ1) is 7.65. The van der Waals surface area contributed by atoms with E-state index in [1.54, 1.807) is 6.07 Å². The maximum absolute atomic E-state index is 10.8. The zero-order chi connectivity index (χ0) is 12.1. The second kappa shape index (κ2) is 5.87. The minimum absolute atomic E-state index is 0.135. The van der Waals surface area contributed by atoms with Gasteiger partial charge in [0.25, 0.3) is 0 Å². The van der Waals surface area contributed by atoms with Crippen molar-refractivity contribution in [1.29, 1.82) is 5.26 Å². The second-order valence-electron chi connectivity index (χ2n) is 2.69. The number of rotatable bonds is 4. The Kier molecular flexibility index (Phi) is 4.77. The predicted molar refractivity (Wildman–Crippen MR) is 64.9 cm³/mol. The molecule has 0 aromatic heterocycles. The molecule has 0 N–H and O–H groups in total. The molecular formula is C10H7Br2NO3. The molecule has 4 nitrogen and oxygen atoms in total. The fraction of sp³-hybridized carbons (Fsp3) is 0.200. The van der Waals surface area contributed by atoms with Gasteiger partial charge in [0.2, 0.25) is 0 Å². The van der Waals surface area contributed by atoms with E-state index in [4.69, 9.17) is 14.7 Å². The number of benzene rings is 1. The van der Waals surface area contributed by atoms with E-state index in [9.17, 15) is 4.79 Å². The van der Waals surface area contributed by atoms with Gasteiger partial charge in [-0.25, -0.2) is 0 Å². The fourth-order valence-corrected chi connectivity index (χ4v) is 2.72. The van der Waals surface area contributed by atoms with Crippen LogP contribution in [0.5, 0.6) is 11.5 Å². The van der Waals surface area contributed by atoms with Crippen LogP contribution in [0.1, 0.15) is 10.4 Å². The van der Waals surface area contributed by atoms with Gasteiger partial charge in [0.05, 0.1) is 17.1 Å². The van der Waals surface area contributed by atoms with E-state index in [0.717, 1.165) is 0 Å². The highest BCUT2D eigenvalue weighted by molar-refractivity contribution is 9.11. The summed E-state index contributed by atoms with van der Waals surface area (Å²) in [7, 11) is 1.50. The number of hydrogen-bond acceptors (Lipinski definition) is 4. The summed E-state index contributed by atoms with van der Waals surface area (Å²) in [4.78, 5) is 10.8. The summed E-state index contributed by atoms with van der Waals surface area (Å²) in [5.41, 5.74) is 0.342. The van der Waals surface area contributed by atoms with Gasteiger partial charge in [-0.2, -0.15) is 5.26 Å². The number of aldehydes is 1. The van der Waals surface area contributed by atoms with E-state index in [1.807, 2.05) is 6.07 Å². The number of nitriles is 1. The van der Waals surface area contributed by atoms with Crippen LogP contribution < -0.4 is 9.47 Å². The Labute approximate surface area is 109 Å². The van der Waals surface area contributed by atoms with Crippen LogP contribution in [-0.2, 0) is 0 Å². The number of hydrogen-bond donors (Lipinski definition) is 0. The van der Waals surface area contributed by atoms with Crippen LogP contribution in [0.25, 0.3) is 0 Å². The predicted octanol–water partition coefficient (Wildman–Crippen LogP) is 2.94. The molecule has 0 aliphatic carbocycles.